The molecule has 1 N–H and O–H groups in total. The van der Waals surface area contributed by atoms with Gasteiger partial charge in [-0.15, -0.1) is 0 Å². The molecule has 0 aliphatic rings. The highest BCUT2D eigenvalue weighted by Gasteiger charge is 2.17. The number of anilines is 1. The number of benzene rings is 1. The number of methoxy groups -OCH3 is 1. The molecule has 29 heavy (non-hydrogen) atoms. The SMILES string of the molecule is COCCc1noc(-c2cnc3nc(C)ccc3c2NCc2ccccc2C)n1. The third kappa shape index (κ3) is 4.09. The van der Waals surface area contributed by atoms with Crippen LogP contribution in [0, 0.1) is 13.8 Å². The average molecular weight is 389 g/mol. The number of fused-ring (bicyclic) bond motifs is 1. The number of aryl methyl sites for hydroxylation is 2. The number of nitrogens with zero attached hydrogens (tertiary/aromatic N) is 4. The number of hydrogen-bond donors (Lipinski definition) is 1. The first kappa shape index (κ1) is 19.0. The van der Waals surface area contributed by atoms with Crippen LogP contribution in [0.3, 0.4) is 0 Å². The van der Waals surface area contributed by atoms with Gasteiger partial charge >= 0.3 is 0 Å². The van der Waals surface area contributed by atoms with Gasteiger partial charge in [-0.3, -0.25) is 0 Å². The fraction of sp³-hybridized carbons (Fsp3) is 0.273. The zero-order valence-corrected chi connectivity index (χ0v) is 16.8. The molecule has 7 heteroatoms. The molecule has 0 atom stereocenters. The van der Waals surface area contributed by atoms with E-state index in [0.717, 1.165) is 22.3 Å². The monoisotopic (exact) mass is 389 g/mol. The Balaban J connectivity index is 1.75. The van der Waals surface area contributed by atoms with Gasteiger partial charge < -0.3 is 14.6 Å². The van der Waals surface area contributed by atoms with E-state index < -0.39 is 0 Å². The highest BCUT2D eigenvalue weighted by atomic mass is 16.5. The van der Waals surface area contributed by atoms with Crippen LogP contribution in [0.5, 0.6) is 0 Å². The fourth-order valence-corrected chi connectivity index (χ4v) is 3.17. The van der Waals surface area contributed by atoms with Crippen LogP contribution < -0.4 is 5.32 Å². The van der Waals surface area contributed by atoms with Crippen LogP contribution in [0.1, 0.15) is 22.6 Å². The number of ether oxygens (including phenoxy) is 1. The first-order chi connectivity index (χ1) is 14.2. The third-order valence-electron chi connectivity index (χ3n) is 4.81. The van der Waals surface area contributed by atoms with Crippen molar-refractivity contribution in [1.29, 1.82) is 0 Å². The van der Waals surface area contributed by atoms with E-state index in [9.17, 15) is 0 Å². The molecule has 7 nitrogen and oxygen atoms in total. The summed E-state index contributed by atoms with van der Waals surface area (Å²) < 4.78 is 10.6. The van der Waals surface area contributed by atoms with Crippen molar-refractivity contribution in [1.82, 2.24) is 20.1 Å². The lowest BCUT2D eigenvalue weighted by Crippen LogP contribution is -2.05. The van der Waals surface area contributed by atoms with E-state index in [0.29, 0.717) is 36.9 Å². The minimum absolute atomic E-state index is 0.429. The molecule has 0 saturated carbocycles. The fourth-order valence-electron chi connectivity index (χ4n) is 3.17. The van der Waals surface area contributed by atoms with Crippen molar-refractivity contribution < 1.29 is 9.26 Å². The molecule has 0 amide bonds. The van der Waals surface area contributed by atoms with Crippen molar-refractivity contribution in [2.24, 2.45) is 0 Å². The zero-order chi connectivity index (χ0) is 20.2. The van der Waals surface area contributed by atoms with Gasteiger partial charge in [-0.2, -0.15) is 4.98 Å². The van der Waals surface area contributed by atoms with E-state index >= 15 is 0 Å². The second kappa shape index (κ2) is 8.36. The molecular weight excluding hydrogens is 366 g/mol. The molecular formula is C22H23N5O2. The number of pyridine rings is 2. The first-order valence-corrected chi connectivity index (χ1v) is 9.52. The smallest absolute Gasteiger partial charge is 0.261 e. The molecule has 0 unspecified atom stereocenters. The van der Waals surface area contributed by atoms with E-state index in [-0.39, 0.29) is 0 Å². The Morgan fingerprint density at radius 1 is 1.07 bits per heavy atom. The van der Waals surface area contributed by atoms with E-state index in [4.69, 9.17) is 9.26 Å². The average Bonchev–Trinajstić information content (AvgIpc) is 3.20. The highest BCUT2D eigenvalue weighted by molar-refractivity contribution is 5.96. The van der Waals surface area contributed by atoms with Gasteiger partial charge in [0, 0.05) is 37.4 Å². The molecule has 0 fully saturated rings. The van der Waals surface area contributed by atoms with Crippen molar-refractivity contribution in [3.8, 4) is 11.5 Å². The summed E-state index contributed by atoms with van der Waals surface area (Å²) >= 11 is 0. The number of aromatic nitrogens is 4. The lowest BCUT2D eigenvalue weighted by molar-refractivity contribution is 0.199. The maximum atomic E-state index is 5.52. The minimum atomic E-state index is 0.429. The van der Waals surface area contributed by atoms with Crippen molar-refractivity contribution in [3.63, 3.8) is 0 Å². The van der Waals surface area contributed by atoms with Gasteiger partial charge in [0.15, 0.2) is 11.5 Å². The Morgan fingerprint density at radius 3 is 2.76 bits per heavy atom. The van der Waals surface area contributed by atoms with Crippen molar-refractivity contribution in [2.75, 3.05) is 19.0 Å². The summed E-state index contributed by atoms with van der Waals surface area (Å²) in [6.45, 7) is 5.26. The standard InChI is InChI=1S/C22H23N5O2/c1-14-6-4-5-7-16(14)12-23-20-17-9-8-15(2)25-21(17)24-13-18(20)22-26-19(27-29-22)10-11-28-3/h4-9,13H,10-12H2,1-3H3,(H,23,24,25). The minimum Gasteiger partial charge on any atom is -0.384 e. The van der Waals surface area contributed by atoms with Gasteiger partial charge in [-0.1, -0.05) is 29.4 Å². The van der Waals surface area contributed by atoms with Gasteiger partial charge in [0.1, 0.15) is 0 Å². The van der Waals surface area contributed by atoms with Gasteiger partial charge in [-0.25, -0.2) is 9.97 Å². The van der Waals surface area contributed by atoms with Crippen LogP contribution in [0.2, 0.25) is 0 Å². The number of hydrogen-bond acceptors (Lipinski definition) is 7. The molecule has 0 spiro atoms. The molecule has 4 aromatic rings. The predicted octanol–water partition coefficient (Wildman–Crippen LogP) is 4.10. The zero-order valence-electron chi connectivity index (χ0n) is 16.8. The Kier molecular flexibility index (Phi) is 5.48. The summed E-state index contributed by atoms with van der Waals surface area (Å²) in [4.78, 5) is 13.6. The Bertz CT molecular complexity index is 1140. The van der Waals surface area contributed by atoms with Gasteiger partial charge in [0.05, 0.1) is 17.9 Å². The summed E-state index contributed by atoms with van der Waals surface area (Å²) in [6, 6.07) is 12.3. The molecule has 148 valence electrons. The number of nitrogens with one attached hydrogen (secondary N) is 1. The predicted molar refractivity (Wildman–Crippen MR) is 112 cm³/mol. The van der Waals surface area contributed by atoms with Crippen LogP contribution >= 0.6 is 0 Å². The molecule has 4 rings (SSSR count). The van der Waals surface area contributed by atoms with Crippen LogP contribution in [0.4, 0.5) is 5.69 Å². The Labute approximate surface area is 169 Å². The molecule has 0 aliphatic carbocycles. The normalized spacial score (nSPS) is 11.1. The Morgan fingerprint density at radius 2 is 1.93 bits per heavy atom. The molecule has 0 radical (unpaired) electrons. The maximum absolute atomic E-state index is 5.52. The highest BCUT2D eigenvalue weighted by Crippen LogP contribution is 2.33. The summed E-state index contributed by atoms with van der Waals surface area (Å²) in [7, 11) is 1.65. The molecule has 3 aromatic heterocycles. The number of rotatable bonds is 7. The molecule has 0 aliphatic heterocycles. The molecule has 0 saturated heterocycles. The largest absolute Gasteiger partial charge is 0.384 e. The van der Waals surface area contributed by atoms with Crippen molar-refractivity contribution in [3.05, 3.63) is 65.2 Å². The van der Waals surface area contributed by atoms with E-state index in [1.165, 1.54) is 11.1 Å². The quantitative estimate of drug-likeness (QED) is 0.509. The second-order valence-electron chi connectivity index (χ2n) is 6.91. The second-order valence-corrected chi connectivity index (χ2v) is 6.91. The van der Waals surface area contributed by atoms with Gasteiger partial charge in [0.25, 0.3) is 5.89 Å². The molecule has 1 aromatic carbocycles. The van der Waals surface area contributed by atoms with Crippen LogP contribution in [-0.4, -0.2) is 33.8 Å². The van der Waals surface area contributed by atoms with Crippen LogP contribution in [-0.2, 0) is 17.7 Å². The lowest BCUT2D eigenvalue weighted by Gasteiger charge is -2.14. The summed E-state index contributed by atoms with van der Waals surface area (Å²) in [5, 5.41) is 8.53. The van der Waals surface area contributed by atoms with Gasteiger partial charge in [-0.05, 0) is 37.1 Å². The van der Waals surface area contributed by atoms with E-state index in [1.54, 1.807) is 13.3 Å². The lowest BCUT2D eigenvalue weighted by atomic mass is 10.1. The maximum Gasteiger partial charge on any atom is 0.261 e. The topological polar surface area (TPSA) is 86.0 Å². The van der Waals surface area contributed by atoms with E-state index in [1.807, 2.05) is 31.2 Å². The molecule has 3 heterocycles. The first-order valence-electron chi connectivity index (χ1n) is 9.52. The summed E-state index contributed by atoms with van der Waals surface area (Å²) in [5.74, 6) is 1.03. The van der Waals surface area contributed by atoms with Crippen molar-refractivity contribution in [2.45, 2.75) is 26.8 Å². The van der Waals surface area contributed by atoms with Gasteiger partial charge in [0.2, 0.25) is 0 Å². The van der Waals surface area contributed by atoms with Crippen LogP contribution in [0.15, 0.2) is 47.1 Å². The van der Waals surface area contributed by atoms with E-state index in [2.05, 4.69) is 44.5 Å². The summed E-state index contributed by atoms with van der Waals surface area (Å²) in [5.41, 5.74) is 5.69. The summed E-state index contributed by atoms with van der Waals surface area (Å²) in [6.07, 6.45) is 2.33. The molecule has 0 bridgehead atoms. The Hall–Kier alpha value is -3.32. The van der Waals surface area contributed by atoms with Crippen LogP contribution in [0.25, 0.3) is 22.5 Å². The third-order valence-corrected chi connectivity index (χ3v) is 4.81. The van der Waals surface area contributed by atoms with Crippen molar-refractivity contribution >= 4 is 16.7 Å².